The zero-order valence-corrected chi connectivity index (χ0v) is 41.0. The normalized spacial score (nSPS) is 20.4. The van der Waals surface area contributed by atoms with E-state index in [0.29, 0.717) is 19.3 Å². The third-order valence-electron chi connectivity index (χ3n) is 12.6. The van der Waals surface area contributed by atoms with Crippen molar-refractivity contribution in [1.29, 1.82) is 0 Å². The molecule has 7 unspecified atom stereocenters. The molecule has 1 aliphatic heterocycles. The van der Waals surface area contributed by atoms with Gasteiger partial charge in [0.1, 0.15) is 24.4 Å². The zero-order valence-electron chi connectivity index (χ0n) is 40.2. The molecule has 0 aromatic rings. The van der Waals surface area contributed by atoms with Gasteiger partial charge in [-0.2, -0.15) is 8.42 Å². The Morgan fingerprint density at radius 1 is 0.619 bits per heavy atom. The maximum Gasteiger partial charge on any atom is 0.397 e. The molecule has 374 valence electrons. The second kappa shape index (κ2) is 41.1. The number of unbranched alkanes of at least 4 members (excludes halogenated alkanes) is 31. The molecular weight excluding hydrogens is 823 g/mol. The van der Waals surface area contributed by atoms with Gasteiger partial charge in [0.25, 0.3) is 0 Å². The van der Waals surface area contributed by atoms with Crippen LogP contribution in [0.15, 0.2) is 12.2 Å². The first kappa shape index (κ1) is 59.9. The van der Waals surface area contributed by atoms with Gasteiger partial charge in [-0.1, -0.05) is 212 Å². The minimum absolute atomic E-state index is 0.231. The highest BCUT2D eigenvalue weighted by molar-refractivity contribution is 7.80. The Morgan fingerprint density at radius 3 is 1.43 bits per heavy atom. The van der Waals surface area contributed by atoms with Crippen LogP contribution in [0.5, 0.6) is 0 Å². The molecule has 1 heterocycles. The smallest absolute Gasteiger partial charge is 0.394 e. The van der Waals surface area contributed by atoms with Crippen LogP contribution in [0.3, 0.4) is 0 Å². The average molecular weight is 920 g/mol. The van der Waals surface area contributed by atoms with E-state index in [0.717, 1.165) is 51.4 Å². The van der Waals surface area contributed by atoms with Crippen LogP contribution in [-0.4, -0.2) is 95.4 Å². The number of allylic oxidation sites excluding steroid dienone is 2. The predicted octanol–water partition coefficient (Wildman–Crippen LogP) is 11.1. The number of nitrogens with one attached hydrogen (secondary N) is 1. The van der Waals surface area contributed by atoms with Crippen LogP contribution in [0.1, 0.15) is 245 Å². The Morgan fingerprint density at radius 2 is 1.02 bits per heavy atom. The van der Waals surface area contributed by atoms with Gasteiger partial charge in [-0.15, -0.1) is 0 Å². The summed E-state index contributed by atoms with van der Waals surface area (Å²) in [6.07, 6.45) is 37.9. The molecule has 1 fully saturated rings. The molecule has 0 spiro atoms. The SMILES string of the molecule is CCCCCCCCCCCCCC/C=C\CCCCCCCCCCC(=O)NC(COC1OC(CO)C(O)C(OS(=O)(=O)O)C1O)C(O)CCCCCCCCCCCCCC. The average Bonchev–Trinajstić information content (AvgIpc) is 3.25. The fraction of sp³-hybridized carbons (Fsp3) is 0.940. The largest absolute Gasteiger partial charge is 0.397 e. The van der Waals surface area contributed by atoms with Gasteiger partial charge in [-0.05, 0) is 38.5 Å². The lowest BCUT2D eigenvalue weighted by molar-refractivity contribution is -0.298. The van der Waals surface area contributed by atoms with Crippen LogP contribution in [0, 0.1) is 0 Å². The second-order valence-electron chi connectivity index (χ2n) is 18.5. The summed E-state index contributed by atoms with van der Waals surface area (Å²) >= 11 is 0. The van der Waals surface area contributed by atoms with E-state index in [9.17, 15) is 38.2 Å². The van der Waals surface area contributed by atoms with E-state index < -0.39 is 59.9 Å². The van der Waals surface area contributed by atoms with E-state index in [1.54, 1.807) is 0 Å². The Hall–Kier alpha value is -1.16. The van der Waals surface area contributed by atoms with Crippen molar-refractivity contribution >= 4 is 16.3 Å². The number of aliphatic hydroxyl groups excluding tert-OH is 4. The van der Waals surface area contributed by atoms with Crippen molar-refractivity contribution in [3.63, 3.8) is 0 Å². The van der Waals surface area contributed by atoms with Crippen molar-refractivity contribution in [1.82, 2.24) is 5.32 Å². The van der Waals surface area contributed by atoms with Crippen LogP contribution in [0.2, 0.25) is 0 Å². The standard InChI is InChI=1S/C50H97NO11S/c1-3-5-7-9-11-13-15-17-18-19-20-21-22-23-24-25-26-27-28-30-32-34-36-38-40-46(54)51-43(44(53)39-37-35-33-31-29-16-14-12-10-8-6-4-2)42-60-50-48(56)49(62-63(57,58)59)47(55)45(41-52)61-50/h23-24,43-45,47-50,52-53,55-56H,3-22,25-42H2,1-2H3,(H,51,54)(H,57,58,59)/b24-23-. The molecule has 0 aliphatic carbocycles. The molecule has 0 bridgehead atoms. The van der Waals surface area contributed by atoms with Gasteiger partial charge in [-0.25, -0.2) is 4.18 Å². The van der Waals surface area contributed by atoms with E-state index in [-0.39, 0.29) is 12.5 Å². The minimum atomic E-state index is -5.07. The number of amides is 1. The number of rotatable bonds is 45. The van der Waals surface area contributed by atoms with Gasteiger partial charge < -0.3 is 35.2 Å². The molecule has 0 radical (unpaired) electrons. The van der Waals surface area contributed by atoms with E-state index in [4.69, 9.17) is 9.47 Å². The Labute approximate surface area is 385 Å². The Kier molecular flexibility index (Phi) is 39.0. The molecule has 1 aliphatic rings. The lowest BCUT2D eigenvalue weighted by atomic mass is 9.99. The van der Waals surface area contributed by atoms with Crippen LogP contribution in [0.25, 0.3) is 0 Å². The highest BCUT2D eigenvalue weighted by Gasteiger charge is 2.48. The zero-order chi connectivity index (χ0) is 46.2. The lowest BCUT2D eigenvalue weighted by Gasteiger charge is -2.41. The van der Waals surface area contributed by atoms with Crippen molar-refractivity contribution in [2.75, 3.05) is 13.2 Å². The third-order valence-corrected chi connectivity index (χ3v) is 13.0. The quantitative estimate of drug-likeness (QED) is 0.0193. The van der Waals surface area contributed by atoms with Gasteiger partial charge in [0.05, 0.1) is 25.4 Å². The first-order valence-corrected chi connectivity index (χ1v) is 27.4. The molecule has 1 rings (SSSR count). The van der Waals surface area contributed by atoms with Gasteiger partial charge in [0, 0.05) is 6.42 Å². The number of carbonyl (C=O) groups excluding carboxylic acids is 1. The molecular formula is C50H97NO11S. The van der Waals surface area contributed by atoms with E-state index in [2.05, 4.69) is 35.5 Å². The molecule has 6 N–H and O–H groups in total. The minimum Gasteiger partial charge on any atom is -0.394 e. The molecule has 0 aromatic carbocycles. The van der Waals surface area contributed by atoms with Crippen molar-refractivity contribution in [2.24, 2.45) is 0 Å². The van der Waals surface area contributed by atoms with Gasteiger partial charge in [-0.3, -0.25) is 9.35 Å². The fourth-order valence-corrected chi connectivity index (χ4v) is 9.02. The fourth-order valence-electron chi connectivity index (χ4n) is 8.51. The van der Waals surface area contributed by atoms with Crippen molar-refractivity contribution < 1.29 is 51.8 Å². The van der Waals surface area contributed by atoms with E-state index in [1.807, 2.05) is 0 Å². The molecule has 63 heavy (non-hydrogen) atoms. The van der Waals surface area contributed by atoms with E-state index >= 15 is 0 Å². The maximum atomic E-state index is 13.1. The summed E-state index contributed by atoms with van der Waals surface area (Å²) in [5.74, 6) is -0.231. The number of aliphatic hydroxyl groups is 4. The number of hydrogen-bond donors (Lipinski definition) is 6. The van der Waals surface area contributed by atoms with Gasteiger partial charge >= 0.3 is 10.4 Å². The van der Waals surface area contributed by atoms with Crippen molar-refractivity contribution in [2.45, 2.75) is 288 Å². The van der Waals surface area contributed by atoms with Gasteiger partial charge in [0.2, 0.25) is 5.91 Å². The monoisotopic (exact) mass is 920 g/mol. The molecule has 7 atom stereocenters. The summed E-state index contributed by atoms with van der Waals surface area (Å²) in [6, 6.07) is -0.856. The van der Waals surface area contributed by atoms with Crippen LogP contribution >= 0.6 is 0 Å². The van der Waals surface area contributed by atoms with Crippen LogP contribution < -0.4 is 5.32 Å². The Balaban J connectivity index is 2.35. The van der Waals surface area contributed by atoms with Crippen LogP contribution in [-0.2, 0) is 28.9 Å². The summed E-state index contributed by atoms with van der Waals surface area (Å²) in [4.78, 5) is 13.1. The first-order valence-electron chi connectivity index (χ1n) is 26.1. The highest BCUT2D eigenvalue weighted by atomic mass is 32.3. The molecule has 12 nitrogen and oxygen atoms in total. The van der Waals surface area contributed by atoms with Crippen molar-refractivity contribution in [3.8, 4) is 0 Å². The number of ether oxygens (including phenoxy) is 2. The topological polar surface area (TPSA) is 192 Å². The first-order chi connectivity index (χ1) is 30.5. The lowest BCUT2D eigenvalue weighted by Crippen LogP contribution is -2.61. The maximum absolute atomic E-state index is 13.1. The molecule has 0 aromatic heterocycles. The molecule has 13 heteroatoms. The highest BCUT2D eigenvalue weighted by Crippen LogP contribution is 2.26. The summed E-state index contributed by atoms with van der Waals surface area (Å²) in [7, 11) is -5.07. The predicted molar refractivity (Wildman–Crippen MR) is 255 cm³/mol. The summed E-state index contributed by atoms with van der Waals surface area (Å²) in [5, 5.41) is 44.9. The van der Waals surface area contributed by atoms with Crippen LogP contribution in [0.4, 0.5) is 0 Å². The molecule has 1 amide bonds. The second-order valence-corrected chi connectivity index (χ2v) is 19.5. The number of hydrogen-bond acceptors (Lipinski definition) is 10. The Bertz CT molecular complexity index is 1180. The summed E-state index contributed by atoms with van der Waals surface area (Å²) < 4.78 is 47.7. The van der Waals surface area contributed by atoms with Crippen molar-refractivity contribution in [3.05, 3.63) is 12.2 Å². The summed E-state index contributed by atoms with van der Waals surface area (Å²) in [5.41, 5.74) is 0. The molecule has 1 saturated heterocycles. The van der Waals surface area contributed by atoms with E-state index in [1.165, 1.54) is 161 Å². The molecule has 0 saturated carbocycles. The van der Waals surface area contributed by atoms with Gasteiger partial charge in [0.15, 0.2) is 6.29 Å². The number of carbonyl (C=O) groups is 1. The third kappa shape index (κ3) is 33.9. The summed E-state index contributed by atoms with van der Waals surface area (Å²) in [6.45, 7) is 3.46.